The maximum atomic E-state index is 12.9. The van der Waals surface area contributed by atoms with E-state index in [0.29, 0.717) is 73.5 Å². The first kappa shape index (κ1) is 35.4. The summed E-state index contributed by atoms with van der Waals surface area (Å²) in [6, 6.07) is 12.1. The van der Waals surface area contributed by atoms with Crippen molar-refractivity contribution in [1.82, 2.24) is 30.3 Å². The number of rotatable bonds is 12. The van der Waals surface area contributed by atoms with Crippen LogP contribution in [0, 0.1) is 5.92 Å². The largest absolute Gasteiger partial charge is 0.496 e. The molecule has 0 aliphatic carbocycles. The number of nitrogens with zero attached hydrogens (tertiary/aromatic N) is 3. The summed E-state index contributed by atoms with van der Waals surface area (Å²) in [7, 11) is 4.85. The van der Waals surface area contributed by atoms with Crippen molar-refractivity contribution in [2.45, 2.75) is 57.3 Å². The number of fused-ring (bicyclic) bond motifs is 1. The molecule has 2 aromatic heterocycles. The molecular formula is C38H44N6O7. The fourth-order valence-electron chi connectivity index (χ4n) is 7.17. The molecule has 4 heterocycles. The van der Waals surface area contributed by atoms with Crippen LogP contribution in [0.5, 0.6) is 11.5 Å². The minimum absolute atomic E-state index is 0.0397. The van der Waals surface area contributed by atoms with Crippen molar-refractivity contribution >= 4 is 34.5 Å². The maximum absolute atomic E-state index is 12.9. The fourth-order valence-corrected chi connectivity index (χ4v) is 7.17. The third-order valence-corrected chi connectivity index (χ3v) is 10.1. The highest BCUT2D eigenvalue weighted by atomic mass is 16.5. The minimum atomic E-state index is -0.200. The summed E-state index contributed by atoms with van der Waals surface area (Å²) in [4.78, 5) is 63.5. The Morgan fingerprint density at radius 2 is 1.71 bits per heavy atom. The predicted octanol–water partition coefficient (Wildman–Crippen LogP) is 3.39. The van der Waals surface area contributed by atoms with Gasteiger partial charge < -0.3 is 24.3 Å². The lowest BCUT2D eigenvalue weighted by Gasteiger charge is -2.32. The average molecular weight is 697 g/mol. The zero-order valence-electron chi connectivity index (χ0n) is 29.3. The van der Waals surface area contributed by atoms with Crippen LogP contribution in [-0.4, -0.2) is 77.1 Å². The molecule has 13 nitrogen and oxygen atoms in total. The summed E-state index contributed by atoms with van der Waals surface area (Å²) < 4.78 is 13.0. The normalized spacial score (nSPS) is 16.6. The Balaban J connectivity index is 0.961. The summed E-state index contributed by atoms with van der Waals surface area (Å²) in [5.41, 5.74) is 4.96. The smallest absolute Gasteiger partial charge is 0.276 e. The predicted molar refractivity (Wildman–Crippen MR) is 190 cm³/mol. The Labute approximate surface area is 295 Å². The van der Waals surface area contributed by atoms with Crippen LogP contribution in [0.25, 0.3) is 22.0 Å². The van der Waals surface area contributed by atoms with Gasteiger partial charge in [0, 0.05) is 61.6 Å². The summed E-state index contributed by atoms with van der Waals surface area (Å²) >= 11 is 0. The molecule has 0 saturated carbocycles. The molecule has 268 valence electrons. The molecule has 13 heteroatoms. The Kier molecular flexibility index (Phi) is 10.8. The minimum Gasteiger partial charge on any atom is -0.496 e. The number of hydrogen-bond donors (Lipinski definition) is 3. The number of likely N-dealkylation sites (tertiary alicyclic amines) is 1. The number of benzene rings is 2. The van der Waals surface area contributed by atoms with Crippen LogP contribution in [0.15, 0.2) is 53.6 Å². The topological polar surface area (TPSA) is 165 Å². The van der Waals surface area contributed by atoms with Crippen molar-refractivity contribution in [3.05, 3.63) is 75.8 Å². The first-order chi connectivity index (χ1) is 24.6. The molecule has 1 unspecified atom stereocenters. The average Bonchev–Trinajstić information content (AvgIpc) is 3.64. The molecule has 2 aliphatic heterocycles. The quantitative estimate of drug-likeness (QED) is 0.190. The number of piperidine rings is 2. The number of nitrogens with one attached hydrogen (secondary N) is 3. The molecule has 2 saturated heterocycles. The van der Waals surface area contributed by atoms with Gasteiger partial charge in [-0.15, -0.1) is 0 Å². The van der Waals surface area contributed by atoms with Crippen LogP contribution >= 0.6 is 0 Å². The third-order valence-electron chi connectivity index (χ3n) is 10.1. The number of imide groups is 1. The van der Waals surface area contributed by atoms with Crippen molar-refractivity contribution in [2.24, 2.45) is 13.0 Å². The highest BCUT2D eigenvalue weighted by Crippen LogP contribution is 2.38. The second-order valence-electron chi connectivity index (χ2n) is 13.4. The molecule has 1 atom stereocenters. The fraction of sp³-hybridized carbons (Fsp3) is 0.421. The number of ether oxygens (including phenoxy) is 2. The first-order valence-electron chi connectivity index (χ1n) is 17.4. The Morgan fingerprint density at radius 1 is 1.00 bits per heavy atom. The molecule has 0 bridgehead atoms. The molecule has 4 amide bonds. The van der Waals surface area contributed by atoms with Crippen LogP contribution < -0.4 is 25.7 Å². The van der Waals surface area contributed by atoms with E-state index >= 15 is 0 Å². The van der Waals surface area contributed by atoms with Gasteiger partial charge in [-0.25, -0.2) is 0 Å². The van der Waals surface area contributed by atoms with Gasteiger partial charge >= 0.3 is 0 Å². The number of aromatic amines is 1. The first-order valence-corrected chi connectivity index (χ1v) is 17.4. The molecule has 51 heavy (non-hydrogen) atoms. The molecule has 2 aliphatic rings. The summed E-state index contributed by atoms with van der Waals surface area (Å²) in [6.07, 6.45) is 7.92. The summed E-state index contributed by atoms with van der Waals surface area (Å²) in [5, 5.41) is 12.7. The SMILES string of the molecule is COc1cc(-c2cn(C)c(=O)c3[nH]ncc23)cc(OC)c1CCCC(=O)NCC(=O)N1CCC(c2ccc(CC3CCC(=O)NC3=O)cc2)CC1. The van der Waals surface area contributed by atoms with Crippen LogP contribution in [0.4, 0.5) is 0 Å². The molecule has 6 rings (SSSR count). The number of pyridine rings is 1. The van der Waals surface area contributed by atoms with Crippen molar-refractivity contribution in [3.8, 4) is 22.6 Å². The molecule has 2 aromatic carbocycles. The monoisotopic (exact) mass is 696 g/mol. The number of aryl methyl sites for hydroxylation is 1. The summed E-state index contributed by atoms with van der Waals surface area (Å²) in [6.45, 7) is 1.21. The van der Waals surface area contributed by atoms with Gasteiger partial charge in [-0.1, -0.05) is 24.3 Å². The van der Waals surface area contributed by atoms with E-state index in [1.54, 1.807) is 33.7 Å². The van der Waals surface area contributed by atoms with E-state index in [9.17, 15) is 24.0 Å². The van der Waals surface area contributed by atoms with Gasteiger partial charge in [0.05, 0.1) is 27.0 Å². The van der Waals surface area contributed by atoms with Crippen molar-refractivity contribution in [3.63, 3.8) is 0 Å². The van der Waals surface area contributed by atoms with E-state index in [0.717, 1.165) is 35.1 Å². The van der Waals surface area contributed by atoms with Crippen LogP contribution in [0.1, 0.15) is 61.1 Å². The van der Waals surface area contributed by atoms with E-state index in [4.69, 9.17) is 9.47 Å². The highest BCUT2D eigenvalue weighted by molar-refractivity contribution is 5.98. The van der Waals surface area contributed by atoms with Crippen LogP contribution in [0.3, 0.4) is 0 Å². The molecule has 3 N–H and O–H groups in total. The van der Waals surface area contributed by atoms with E-state index in [1.807, 2.05) is 17.0 Å². The lowest BCUT2D eigenvalue weighted by atomic mass is 9.87. The molecule has 0 radical (unpaired) electrons. The van der Waals surface area contributed by atoms with Crippen molar-refractivity contribution in [1.29, 1.82) is 0 Å². The van der Waals surface area contributed by atoms with E-state index < -0.39 is 0 Å². The number of carbonyl (C=O) groups excluding carboxylic acids is 4. The molecule has 4 aromatic rings. The van der Waals surface area contributed by atoms with Gasteiger partial charge in [-0.2, -0.15) is 5.10 Å². The zero-order chi connectivity index (χ0) is 36.1. The number of methoxy groups -OCH3 is 2. The van der Waals surface area contributed by atoms with Gasteiger partial charge in [0.2, 0.25) is 23.6 Å². The van der Waals surface area contributed by atoms with Crippen LogP contribution in [-0.2, 0) is 39.1 Å². The van der Waals surface area contributed by atoms with Gasteiger partial charge in [-0.3, -0.25) is 34.4 Å². The second-order valence-corrected chi connectivity index (χ2v) is 13.4. The third kappa shape index (κ3) is 7.97. The van der Waals surface area contributed by atoms with Gasteiger partial charge in [-0.05, 0) is 73.3 Å². The van der Waals surface area contributed by atoms with Gasteiger partial charge in [0.15, 0.2) is 0 Å². The van der Waals surface area contributed by atoms with Gasteiger partial charge in [0.1, 0.15) is 17.0 Å². The number of hydrogen-bond acceptors (Lipinski definition) is 8. The Morgan fingerprint density at radius 3 is 2.37 bits per heavy atom. The zero-order valence-corrected chi connectivity index (χ0v) is 29.3. The Bertz CT molecular complexity index is 1970. The molecule has 2 fully saturated rings. The standard InChI is InChI=1S/C38H44N6O7/c1-43-22-30(29-20-40-42-36(29)38(43)49)27-18-31(50-2)28(32(19-27)51-3)5-4-6-33(45)39-21-35(47)44-15-13-25(14-16-44)24-9-7-23(8-10-24)17-26-11-12-34(46)41-37(26)48/h7-10,18-20,22,25-26H,4-6,11-17,21H2,1-3H3,(H,39,45)(H,40,42)(H,41,46,48). The van der Waals surface area contributed by atoms with E-state index in [-0.39, 0.29) is 48.1 Å². The second kappa shape index (κ2) is 15.6. The van der Waals surface area contributed by atoms with E-state index in [1.165, 1.54) is 10.1 Å². The number of amides is 4. The maximum Gasteiger partial charge on any atom is 0.276 e. The van der Waals surface area contributed by atoms with Gasteiger partial charge in [0.25, 0.3) is 5.56 Å². The molecular weight excluding hydrogens is 652 g/mol. The Hall–Kier alpha value is -5.46. The lowest BCUT2D eigenvalue weighted by Crippen LogP contribution is -2.43. The number of H-pyrrole nitrogens is 1. The highest BCUT2D eigenvalue weighted by Gasteiger charge is 2.27. The van der Waals surface area contributed by atoms with Crippen molar-refractivity contribution in [2.75, 3.05) is 33.9 Å². The number of aromatic nitrogens is 3. The van der Waals surface area contributed by atoms with Crippen molar-refractivity contribution < 1.29 is 28.7 Å². The van der Waals surface area contributed by atoms with Crippen LogP contribution in [0.2, 0.25) is 0 Å². The molecule has 0 spiro atoms. The summed E-state index contributed by atoms with van der Waals surface area (Å²) in [5.74, 6) is 0.698. The lowest BCUT2D eigenvalue weighted by molar-refractivity contribution is -0.136. The number of carbonyl (C=O) groups is 4. The van der Waals surface area contributed by atoms with E-state index in [2.05, 4.69) is 45.1 Å².